The van der Waals surface area contributed by atoms with E-state index in [2.05, 4.69) is 32.5 Å². The van der Waals surface area contributed by atoms with Crippen LogP contribution in [-0.4, -0.2) is 30.2 Å². The zero-order chi connectivity index (χ0) is 18.6. The zero-order valence-electron chi connectivity index (χ0n) is 14.7. The number of thiazole rings is 1. The summed E-state index contributed by atoms with van der Waals surface area (Å²) in [4.78, 5) is 20.8. The molecule has 3 aromatic heterocycles. The van der Waals surface area contributed by atoms with E-state index in [9.17, 15) is 4.79 Å². The molecule has 0 aliphatic heterocycles. The van der Waals surface area contributed by atoms with Crippen LogP contribution < -0.4 is 5.32 Å². The predicted molar refractivity (Wildman–Crippen MR) is 103 cm³/mol. The van der Waals surface area contributed by atoms with E-state index in [4.69, 9.17) is 0 Å². The molecule has 0 bridgehead atoms. The Bertz CT molecular complexity index is 1030. The minimum Gasteiger partial charge on any atom is -0.347 e. The molecule has 4 rings (SSSR count). The van der Waals surface area contributed by atoms with Crippen LogP contribution in [0.2, 0.25) is 0 Å². The molecule has 4 aromatic rings. The topological polar surface area (TPSA) is 77.6 Å². The van der Waals surface area contributed by atoms with Gasteiger partial charge in [-0.15, -0.1) is 11.3 Å². The van der Waals surface area contributed by atoms with Crippen molar-refractivity contribution in [1.29, 1.82) is 0 Å². The van der Waals surface area contributed by atoms with Gasteiger partial charge in [-0.2, -0.15) is 5.10 Å². The number of amides is 1. The number of rotatable bonds is 6. The normalized spacial score (nSPS) is 10.9. The molecular weight excluding hydrogens is 360 g/mol. The highest BCUT2D eigenvalue weighted by Gasteiger charge is 2.12. The number of nitrogens with zero attached hydrogens (tertiary/aromatic N) is 5. The summed E-state index contributed by atoms with van der Waals surface area (Å²) in [6.07, 6.45) is 9.11. The van der Waals surface area contributed by atoms with Crippen molar-refractivity contribution in [3.63, 3.8) is 0 Å². The third-order valence-corrected chi connectivity index (χ3v) is 4.98. The lowest BCUT2D eigenvalue weighted by Gasteiger charge is -2.06. The first kappa shape index (κ1) is 17.2. The molecule has 7 nitrogen and oxygen atoms in total. The highest BCUT2D eigenvalue weighted by Crippen LogP contribution is 2.22. The van der Waals surface area contributed by atoms with E-state index in [1.807, 2.05) is 36.1 Å². The Morgan fingerprint density at radius 1 is 1.22 bits per heavy atom. The summed E-state index contributed by atoms with van der Waals surface area (Å²) >= 11 is 1.44. The Balaban J connectivity index is 1.34. The van der Waals surface area contributed by atoms with Crippen molar-refractivity contribution in [3.8, 4) is 10.6 Å². The van der Waals surface area contributed by atoms with Crippen LogP contribution in [-0.2, 0) is 20.1 Å². The Kier molecular flexibility index (Phi) is 4.80. The average molecular weight is 378 g/mol. The number of hydrogen-bond acceptors (Lipinski definition) is 5. The molecule has 0 aliphatic rings. The third kappa shape index (κ3) is 4.12. The van der Waals surface area contributed by atoms with Crippen molar-refractivity contribution in [2.24, 2.45) is 7.05 Å². The predicted octanol–water partition coefficient (Wildman–Crippen LogP) is 2.72. The number of carbonyl (C=O) groups is 1. The average Bonchev–Trinajstić information content (AvgIpc) is 3.42. The number of benzene rings is 1. The van der Waals surface area contributed by atoms with Gasteiger partial charge in [0.05, 0.1) is 12.5 Å². The first-order chi connectivity index (χ1) is 13.2. The summed E-state index contributed by atoms with van der Waals surface area (Å²) in [5.41, 5.74) is 3.56. The highest BCUT2D eigenvalue weighted by atomic mass is 32.1. The van der Waals surface area contributed by atoms with Crippen molar-refractivity contribution < 1.29 is 4.79 Å². The van der Waals surface area contributed by atoms with E-state index < -0.39 is 0 Å². The van der Waals surface area contributed by atoms with Crippen LogP contribution in [0.15, 0.2) is 60.8 Å². The maximum absolute atomic E-state index is 12.3. The monoisotopic (exact) mass is 378 g/mol. The SMILES string of the molecule is Cn1cc(-c2nc(C(=O)NCc3ccc(Cn4ccnc4)cc3)cs2)cn1. The van der Waals surface area contributed by atoms with Gasteiger partial charge in [-0.25, -0.2) is 9.97 Å². The molecule has 0 unspecified atom stereocenters. The number of imidazole rings is 1. The number of hydrogen-bond donors (Lipinski definition) is 1. The van der Waals surface area contributed by atoms with Gasteiger partial charge < -0.3 is 9.88 Å². The largest absolute Gasteiger partial charge is 0.347 e. The van der Waals surface area contributed by atoms with Gasteiger partial charge in [0.25, 0.3) is 5.91 Å². The summed E-state index contributed by atoms with van der Waals surface area (Å²) in [6, 6.07) is 8.17. The molecule has 0 aliphatic carbocycles. The fourth-order valence-corrected chi connectivity index (χ4v) is 3.44. The molecule has 0 spiro atoms. The standard InChI is InChI=1S/C19H18N6OS/c1-24-11-16(9-22-24)19-23-17(12-27-19)18(26)21-8-14-2-4-15(5-3-14)10-25-7-6-20-13-25/h2-7,9,11-13H,8,10H2,1H3,(H,21,26). The summed E-state index contributed by atoms with van der Waals surface area (Å²) in [5.74, 6) is -0.177. The van der Waals surface area contributed by atoms with E-state index in [0.29, 0.717) is 12.2 Å². The molecule has 0 radical (unpaired) electrons. The van der Waals surface area contributed by atoms with Crippen LogP contribution in [0.4, 0.5) is 0 Å². The maximum atomic E-state index is 12.3. The molecule has 1 N–H and O–H groups in total. The van der Waals surface area contributed by atoms with Crippen molar-refractivity contribution >= 4 is 17.2 Å². The van der Waals surface area contributed by atoms with Crippen molar-refractivity contribution in [2.45, 2.75) is 13.1 Å². The fraction of sp³-hybridized carbons (Fsp3) is 0.158. The van der Waals surface area contributed by atoms with Crippen LogP contribution >= 0.6 is 11.3 Å². The molecule has 27 heavy (non-hydrogen) atoms. The van der Waals surface area contributed by atoms with E-state index in [-0.39, 0.29) is 5.91 Å². The van der Waals surface area contributed by atoms with Gasteiger partial charge >= 0.3 is 0 Å². The smallest absolute Gasteiger partial charge is 0.271 e. The van der Waals surface area contributed by atoms with Gasteiger partial charge in [0.2, 0.25) is 0 Å². The Hall–Kier alpha value is -3.26. The second kappa shape index (κ2) is 7.55. The van der Waals surface area contributed by atoms with Gasteiger partial charge in [-0.3, -0.25) is 9.48 Å². The van der Waals surface area contributed by atoms with Crippen LogP contribution in [0.5, 0.6) is 0 Å². The second-order valence-corrected chi connectivity index (χ2v) is 7.03. The van der Waals surface area contributed by atoms with Crippen molar-refractivity contribution in [2.75, 3.05) is 0 Å². The summed E-state index contributed by atoms with van der Waals surface area (Å²) in [5, 5.41) is 9.61. The first-order valence-electron chi connectivity index (χ1n) is 8.44. The van der Waals surface area contributed by atoms with Gasteiger partial charge in [-0.1, -0.05) is 24.3 Å². The zero-order valence-corrected chi connectivity index (χ0v) is 15.6. The van der Waals surface area contributed by atoms with E-state index in [0.717, 1.165) is 22.7 Å². The molecule has 0 fully saturated rings. The van der Waals surface area contributed by atoms with Gasteiger partial charge in [-0.05, 0) is 11.1 Å². The molecule has 1 aromatic carbocycles. The second-order valence-electron chi connectivity index (χ2n) is 6.17. The molecule has 0 saturated heterocycles. The van der Waals surface area contributed by atoms with Crippen LogP contribution in [0.3, 0.4) is 0 Å². The Morgan fingerprint density at radius 2 is 2.04 bits per heavy atom. The molecular formula is C19H18N6OS. The number of aromatic nitrogens is 5. The highest BCUT2D eigenvalue weighted by molar-refractivity contribution is 7.13. The molecule has 1 amide bonds. The number of carbonyl (C=O) groups excluding carboxylic acids is 1. The number of nitrogens with one attached hydrogen (secondary N) is 1. The van der Waals surface area contributed by atoms with Crippen LogP contribution in [0.1, 0.15) is 21.6 Å². The molecule has 0 atom stereocenters. The molecule has 136 valence electrons. The quantitative estimate of drug-likeness (QED) is 0.560. The number of aryl methyl sites for hydroxylation is 1. The lowest BCUT2D eigenvalue weighted by atomic mass is 10.1. The van der Waals surface area contributed by atoms with Gasteiger partial charge in [0.1, 0.15) is 10.7 Å². The van der Waals surface area contributed by atoms with Crippen molar-refractivity contribution in [3.05, 3.63) is 77.6 Å². The summed E-state index contributed by atoms with van der Waals surface area (Å²) in [7, 11) is 1.85. The first-order valence-corrected chi connectivity index (χ1v) is 9.31. The molecule has 3 heterocycles. The molecule has 0 saturated carbocycles. The minimum absolute atomic E-state index is 0.177. The minimum atomic E-state index is -0.177. The van der Waals surface area contributed by atoms with Gasteiger partial charge in [0, 0.05) is 49.7 Å². The van der Waals surface area contributed by atoms with Crippen LogP contribution in [0, 0.1) is 0 Å². The summed E-state index contributed by atoms with van der Waals surface area (Å²) < 4.78 is 3.73. The summed E-state index contributed by atoms with van der Waals surface area (Å²) in [6.45, 7) is 1.24. The lowest BCUT2D eigenvalue weighted by molar-refractivity contribution is 0.0946. The van der Waals surface area contributed by atoms with Crippen LogP contribution in [0.25, 0.3) is 10.6 Å². The van der Waals surface area contributed by atoms with Crippen molar-refractivity contribution in [1.82, 2.24) is 29.6 Å². The maximum Gasteiger partial charge on any atom is 0.271 e. The molecule has 8 heteroatoms. The third-order valence-electron chi connectivity index (χ3n) is 4.09. The lowest BCUT2D eigenvalue weighted by Crippen LogP contribution is -2.23. The van der Waals surface area contributed by atoms with E-state index in [1.54, 1.807) is 28.8 Å². The Morgan fingerprint density at radius 3 is 2.74 bits per heavy atom. The van der Waals surface area contributed by atoms with E-state index >= 15 is 0 Å². The Labute approximate surface area is 160 Å². The van der Waals surface area contributed by atoms with E-state index in [1.165, 1.54) is 16.9 Å². The fourth-order valence-electron chi connectivity index (χ4n) is 2.67. The van der Waals surface area contributed by atoms with Gasteiger partial charge in [0.15, 0.2) is 0 Å².